The third-order valence-corrected chi connectivity index (χ3v) is 5.42. The Balaban J connectivity index is 1.52. The van der Waals surface area contributed by atoms with Crippen molar-refractivity contribution in [2.75, 3.05) is 13.2 Å². The Hall–Kier alpha value is -4.39. The van der Waals surface area contributed by atoms with Gasteiger partial charge in [-0.2, -0.15) is 0 Å². The van der Waals surface area contributed by atoms with Gasteiger partial charge in [-0.15, -0.1) is 0 Å². The summed E-state index contributed by atoms with van der Waals surface area (Å²) in [5.74, 6) is -1.13. The second-order valence-corrected chi connectivity index (χ2v) is 7.87. The van der Waals surface area contributed by atoms with E-state index in [0.29, 0.717) is 17.1 Å². The highest BCUT2D eigenvalue weighted by Gasteiger charge is 2.24. The molecule has 2 N–H and O–H groups in total. The van der Waals surface area contributed by atoms with E-state index in [0.717, 1.165) is 10.8 Å². The fraction of sp³-hybridized carbons (Fsp3) is 0.143. The Labute approximate surface area is 201 Å². The van der Waals surface area contributed by atoms with E-state index in [-0.39, 0.29) is 25.2 Å². The van der Waals surface area contributed by atoms with Crippen LogP contribution >= 0.6 is 0 Å². The van der Waals surface area contributed by atoms with Crippen molar-refractivity contribution in [1.82, 2.24) is 5.32 Å². The van der Waals surface area contributed by atoms with Gasteiger partial charge in [0.15, 0.2) is 0 Å². The smallest absolute Gasteiger partial charge is 0.326 e. The van der Waals surface area contributed by atoms with Gasteiger partial charge in [0.1, 0.15) is 36.6 Å². The van der Waals surface area contributed by atoms with E-state index in [1.54, 1.807) is 12.1 Å². The van der Waals surface area contributed by atoms with Gasteiger partial charge in [-0.1, -0.05) is 60.7 Å². The number of hydrogen-bond acceptors (Lipinski definition) is 4. The van der Waals surface area contributed by atoms with Crippen LogP contribution in [0.15, 0.2) is 91.0 Å². The number of para-hydroxylation sites is 1. The lowest BCUT2D eigenvalue weighted by Gasteiger charge is -2.18. The molecule has 35 heavy (non-hydrogen) atoms. The molecule has 0 heterocycles. The number of halogens is 1. The highest BCUT2D eigenvalue weighted by molar-refractivity contribution is 6.04. The SMILES string of the molecule is O=C(N[C@@H](Cc1ccc(F)cc1)C(=O)O)c1ccc2ccccc2c1OCCOc1ccccc1. The Bertz CT molecular complexity index is 1310. The number of carboxylic acid groups (broad SMARTS) is 1. The molecule has 0 aliphatic rings. The van der Waals surface area contributed by atoms with Crippen molar-refractivity contribution in [1.29, 1.82) is 0 Å². The van der Waals surface area contributed by atoms with Crippen LogP contribution < -0.4 is 14.8 Å². The summed E-state index contributed by atoms with van der Waals surface area (Å²) >= 11 is 0. The normalized spacial score (nSPS) is 11.6. The molecule has 0 fully saturated rings. The van der Waals surface area contributed by atoms with Crippen LogP contribution in [0.3, 0.4) is 0 Å². The summed E-state index contributed by atoms with van der Waals surface area (Å²) in [6.07, 6.45) is 0.00996. The molecule has 4 rings (SSSR count). The van der Waals surface area contributed by atoms with Crippen LogP contribution in [0.2, 0.25) is 0 Å². The second kappa shape index (κ2) is 11.2. The first kappa shape index (κ1) is 23.8. The zero-order valence-electron chi connectivity index (χ0n) is 18.8. The zero-order valence-corrected chi connectivity index (χ0v) is 18.8. The third kappa shape index (κ3) is 6.14. The number of nitrogens with one attached hydrogen (secondary N) is 1. The molecule has 1 amide bonds. The molecule has 178 valence electrons. The molecule has 0 unspecified atom stereocenters. The fourth-order valence-corrected chi connectivity index (χ4v) is 3.69. The summed E-state index contributed by atoms with van der Waals surface area (Å²) in [4.78, 5) is 25.0. The van der Waals surface area contributed by atoms with E-state index in [1.807, 2.05) is 54.6 Å². The first-order valence-electron chi connectivity index (χ1n) is 11.1. The average Bonchev–Trinajstić information content (AvgIpc) is 2.87. The van der Waals surface area contributed by atoms with Gasteiger partial charge >= 0.3 is 5.97 Å². The zero-order chi connectivity index (χ0) is 24.6. The van der Waals surface area contributed by atoms with E-state index < -0.39 is 23.7 Å². The van der Waals surface area contributed by atoms with Crippen molar-refractivity contribution < 1.29 is 28.6 Å². The van der Waals surface area contributed by atoms with Gasteiger partial charge < -0.3 is 19.9 Å². The molecular formula is C28H24FNO5. The maximum Gasteiger partial charge on any atom is 0.326 e. The van der Waals surface area contributed by atoms with Gasteiger partial charge in [-0.3, -0.25) is 4.79 Å². The van der Waals surface area contributed by atoms with E-state index in [1.165, 1.54) is 24.3 Å². The molecular weight excluding hydrogens is 449 g/mol. The van der Waals surface area contributed by atoms with Crippen LogP contribution in [0.1, 0.15) is 15.9 Å². The molecule has 0 bridgehead atoms. The van der Waals surface area contributed by atoms with E-state index in [9.17, 15) is 19.1 Å². The highest BCUT2D eigenvalue weighted by atomic mass is 19.1. The lowest BCUT2D eigenvalue weighted by molar-refractivity contribution is -0.139. The number of fused-ring (bicyclic) bond motifs is 1. The van der Waals surface area contributed by atoms with Gasteiger partial charge in [0.05, 0.1) is 5.56 Å². The van der Waals surface area contributed by atoms with Crippen molar-refractivity contribution in [2.45, 2.75) is 12.5 Å². The number of carbonyl (C=O) groups excluding carboxylic acids is 1. The Kier molecular flexibility index (Phi) is 7.57. The Morgan fingerprint density at radius 2 is 1.51 bits per heavy atom. The predicted octanol–water partition coefficient (Wildman–Crippen LogP) is 4.86. The summed E-state index contributed by atoms with van der Waals surface area (Å²) in [5, 5.41) is 13.9. The molecule has 7 heteroatoms. The molecule has 6 nitrogen and oxygen atoms in total. The molecule has 0 saturated heterocycles. The van der Waals surface area contributed by atoms with Gasteiger partial charge in [0.25, 0.3) is 5.91 Å². The summed E-state index contributed by atoms with van der Waals surface area (Å²) in [7, 11) is 0. The maximum absolute atomic E-state index is 13.2. The number of aliphatic carboxylic acids is 1. The average molecular weight is 474 g/mol. The summed E-state index contributed by atoms with van der Waals surface area (Å²) in [5.41, 5.74) is 0.806. The van der Waals surface area contributed by atoms with Crippen molar-refractivity contribution >= 4 is 22.6 Å². The van der Waals surface area contributed by atoms with Crippen LogP contribution in [0, 0.1) is 5.82 Å². The van der Waals surface area contributed by atoms with Crippen molar-refractivity contribution in [3.8, 4) is 11.5 Å². The summed E-state index contributed by atoms with van der Waals surface area (Å²) in [6.45, 7) is 0.442. The summed E-state index contributed by atoms with van der Waals surface area (Å²) in [6, 6.07) is 24.5. The number of hydrogen-bond donors (Lipinski definition) is 2. The largest absolute Gasteiger partial charge is 0.490 e. The minimum Gasteiger partial charge on any atom is -0.490 e. The maximum atomic E-state index is 13.2. The van der Waals surface area contributed by atoms with E-state index in [2.05, 4.69) is 5.32 Å². The van der Waals surface area contributed by atoms with Crippen LogP contribution in [0.25, 0.3) is 10.8 Å². The van der Waals surface area contributed by atoms with E-state index >= 15 is 0 Å². The van der Waals surface area contributed by atoms with E-state index in [4.69, 9.17) is 9.47 Å². The fourth-order valence-electron chi connectivity index (χ4n) is 3.69. The topological polar surface area (TPSA) is 84.9 Å². The Morgan fingerprint density at radius 3 is 2.26 bits per heavy atom. The molecule has 4 aromatic carbocycles. The number of benzene rings is 4. The minimum absolute atomic E-state index is 0.00996. The summed E-state index contributed by atoms with van der Waals surface area (Å²) < 4.78 is 24.9. The number of carboxylic acids is 1. The molecule has 0 spiro atoms. The van der Waals surface area contributed by atoms with Crippen molar-refractivity contribution in [3.63, 3.8) is 0 Å². The molecule has 0 radical (unpaired) electrons. The van der Waals surface area contributed by atoms with Gasteiger partial charge in [0, 0.05) is 11.8 Å². The predicted molar refractivity (Wildman–Crippen MR) is 130 cm³/mol. The lowest BCUT2D eigenvalue weighted by Crippen LogP contribution is -2.42. The molecule has 1 atom stereocenters. The molecule has 0 aliphatic heterocycles. The second-order valence-electron chi connectivity index (χ2n) is 7.87. The number of carbonyl (C=O) groups is 2. The quantitative estimate of drug-likeness (QED) is 0.321. The first-order valence-corrected chi connectivity index (χ1v) is 11.1. The van der Waals surface area contributed by atoms with Crippen molar-refractivity contribution in [2.24, 2.45) is 0 Å². The van der Waals surface area contributed by atoms with Gasteiger partial charge in [-0.05, 0) is 41.3 Å². The highest BCUT2D eigenvalue weighted by Crippen LogP contribution is 2.30. The van der Waals surface area contributed by atoms with Gasteiger partial charge in [0.2, 0.25) is 0 Å². The van der Waals surface area contributed by atoms with Crippen LogP contribution in [0.5, 0.6) is 11.5 Å². The monoisotopic (exact) mass is 473 g/mol. The standard InChI is InChI=1S/C28H24FNO5/c29-21-13-10-19(11-14-21)18-25(28(32)33)30-27(31)24-15-12-20-6-4-5-9-23(20)26(24)35-17-16-34-22-7-2-1-3-8-22/h1-15,25H,16-18H2,(H,30,31)(H,32,33)/t25-/m0/s1. The van der Waals surface area contributed by atoms with Crippen LogP contribution in [0.4, 0.5) is 4.39 Å². The van der Waals surface area contributed by atoms with Crippen molar-refractivity contribution in [3.05, 3.63) is 108 Å². The molecule has 0 aliphatic carbocycles. The lowest BCUT2D eigenvalue weighted by atomic mass is 10.0. The Morgan fingerprint density at radius 1 is 0.829 bits per heavy atom. The number of ether oxygens (including phenoxy) is 2. The number of rotatable bonds is 10. The first-order chi connectivity index (χ1) is 17.0. The van der Waals surface area contributed by atoms with Crippen LogP contribution in [-0.4, -0.2) is 36.2 Å². The van der Waals surface area contributed by atoms with Gasteiger partial charge in [-0.25, -0.2) is 9.18 Å². The molecule has 0 aromatic heterocycles. The molecule has 0 saturated carbocycles. The third-order valence-electron chi connectivity index (χ3n) is 5.42. The van der Waals surface area contributed by atoms with Crippen LogP contribution in [-0.2, 0) is 11.2 Å². The minimum atomic E-state index is -1.20. The molecule has 4 aromatic rings. The number of amides is 1.